The van der Waals surface area contributed by atoms with Crippen LogP contribution in [0.2, 0.25) is 5.02 Å². The molecule has 0 saturated heterocycles. The molecule has 4 aromatic rings. The molecule has 7 heteroatoms. The van der Waals surface area contributed by atoms with E-state index in [1.165, 1.54) is 11.8 Å². The van der Waals surface area contributed by atoms with E-state index < -0.39 is 0 Å². The Kier molecular flexibility index (Phi) is 7.04. The number of hydrogen-bond donors (Lipinski definition) is 1. The van der Waals surface area contributed by atoms with Gasteiger partial charge in [-0.05, 0) is 24.3 Å². The van der Waals surface area contributed by atoms with E-state index in [-0.39, 0.29) is 11.7 Å². The monoisotopic (exact) mass is 461 g/mol. The van der Waals surface area contributed by atoms with Gasteiger partial charge in [0.1, 0.15) is 5.75 Å². The van der Waals surface area contributed by atoms with E-state index in [1.54, 1.807) is 25.3 Å². The molecule has 1 amide bonds. The maximum Gasteiger partial charge on any atom is 0.234 e. The Hall–Kier alpha value is -3.35. The van der Waals surface area contributed by atoms with Gasteiger partial charge in [-0.3, -0.25) is 4.79 Å². The Morgan fingerprint density at radius 2 is 1.50 bits per heavy atom. The zero-order valence-corrected chi connectivity index (χ0v) is 18.9. The quantitative estimate of drug-likeness (QED) is 0.262. The average molecular weight is 462 g/mol. The molecular formula is C25H20ClN3O2S. The zero-order valence-electron chi connectivity index (χ0n) is 17.3. The highest BCUT2D eigenvalue weighted by molar-refractivity contribution is 7.99. The summed E-state index contributed by atoms with van der Waals surface area (Å²) in [6.07, 6.45) is 0. The number of rotatable bonds is 7. The number of nitrogens with one attached hydrogen (secondary N) is 1. The van der Waals surface area contributed by atoms with Crippen LogP contribution in [0.15, 0.2) is 90.1 Å². The molecule has 0 aliphatic rings. The van der Waals surface area contributed by atoms with Crippen LogP contribution in [0.4, 0.5) is 5.69 Å². The van der Waals surface area contributed by atoms with Gasteiger partial charge in [-0.1, -0.05) is 84.0 Å². The molecule has 32 heavy (non-hydrogen) atoms. The van der Waals surface area contributed by atoms with Crippen LogP contribution in [0.5, 0.6) is 5.75 Å². The van der Waals surface area contributed by atoms with Crippen LogP contribution in [-0.2, 0) is 4.79 Å². The second-order valence-corrected chi connectivity index (χ2v) is 8.19. The van der Waals surface area contributed by atoms with Crippen molar-refractivity contribution in [3.63, 3.8) is 0 Å². The number of methoxy groups -OCH3 is 1. The molecule has 0 aliphatic heterocycles. The second kappa shape index (κ2) is 10.3. The third kappa shape index (κ3) is 5.46. The van der Waals surface area contributed by atoms with Crippen molar-refractivity contribution in [2.75, 3.05) is 18.2 Å². The van der Waals surface area contributed by atoms with Crippen molar-refractivity contribution in [3.8, 4) is 28.3 Å². The van der Waals surface area contributed by atoms with Crippen molar-refractivity contribution in [1.82, 2.24) is 9.97 Å². The summed E-state index contributed by atoms with van der Waals surface area (Å²) in [5, 5.41) is 3.81. The number of anilines is 1. The number of halogens is 1. The summed E-state index contributed by atoms with van der Waals surface area (Å²) >= 11 is 7.42. The molecular weight excluding hydrogens is 442 g/mol. The van der Waals surface area contributed by atoms with Gasteiger partial charge in [0.05, 0.1) is 29.3 Å². The van der Waals surface area contributed by atoms with Gasteiger partial charge in [0.25, 0.3) is 0 Å². The van der Waals surface area contributed by atoms with Gasteiger partial charge < -0.3 is 10.1 Å². The van der Waals surface area contributed by atoms with Crippen LogP contribution in [0.25, 0.3) is 22.5 Å². The lowest BCUT2D eigenvalue weighted by molar-refractivity contribution is -0.113. The van der Waals surface area contributed by atoms with Crippen molar-refractivity contribution in [2.45, 2.75) is 5.16 Å². The number of thioether (sulfide) groups is 1. The molecule has 1 aromatic heterocycles. The second-order valence-electron chi connectivity index (χ2n) is 6.84. The van der Waals surface area contributed by atoms with Crippen LogP contribution in [0.3, 0.4) is 0 Å². The number of ether oxygens (including phenoxy) is 1. The van der Waals surface area contributed by atoms with Gasteiger partial charge in [0.2, 0.25) is 5.91 Å². The van der Waals surface area contributed by atoms with Crippen LogP contribution >= 0.6 is 23.4 Å². The van der Waals surface area contributed by atoms with E-state index in [0.717, 1.165) is 22.5 Å². The Labute approximate surface area is 195 Å². The fourth-order valence-corrected chi connectivity index (χ4v) is 3.99. The van der Waals surface area contributed by atoms with Crippen LogP contribution in [0.1, 0.15) is 0 Å². The average Bonchev–Trinajstić information content (AvgIpc) is 2.84. The highest BCUT2D eigenvalue weighted by Gasteiger charge is 2.12. The van der Waals surface area contributed by atoms with Gasteiger partial charge in [0, 0.05) is 16.8 Å². The van der Waals surface area contributed by atoms with Gasteiger partial charge in [0.15, 0.2) is 5.16 Å². The molecule has 0 fully saturated rings. The number of carbonyl (C=O) groups excluding carboxylic acids is 1. The summed E-state index contributed by atoms with van der Waals surface area (Å²) < 4.78 is 5.14. The van der Waals surface area contributed by atoms with E-state index in [2.05, 4.69) is 15.3 Å². The van der Waals surface area contributed by atoms with Gasteiger partial charge in [-0.2, -0.15) is 0 Å². The molecule has 5 nitrogen and oxygen atoms in total. The minimum Gasteiger partial charge on any atom is -0.495 e. The van der Waals surface area contributed by atoms with E-state index in [9.17, 15) is 4.79 Å². The molecule has 0 spiro atoms. The number of aromatic nitrogens is 2. The fraction of sp³-hybridized carbons (Fsp3) is 0.0800. The third-order valence-corrected chi connectivity index (χ3v) is 5.76. The standard InChI is InChI=1S/C25H20ClN3O2S/c1-31-23-13-12-19(14-20(23)26)27-24(30)16-32-25-28-21(17-8-4-2-5-9-17)15-22(29-25)18-10-6-3-7-11-18/h2-15H,16H2,1H3,(H,27,30). The van der Waals surface area contributed by atoms with E-state index in [1.807, 2.05) is 66.7 Å². The largest absolute Gasteiger partial charge is 0.495 e. The van der Waals surface area contributed by atoms with Crippen molar-refractivity contribution in [3.05, 3.63) is 90.0 Å². The molecule has 3 aromatic carbocycles. The van der Waals surface area contributed by atoms with E-state index >= 15 is 0 Å². The molecule has 160 valence electrons. The van der Waals surface area contributed by atoms with E-state index in [4.69, 9.17) is 16.3 Å². The fourth-order valence-electron chi connectivity index (χ4n) is 3.07. The molecule has 0 radical (unpaired) electrons. The molecule has 4 rings (SSSR count). The first kappa shape index (κ1) is 21.9. The summed E-state index contributed by atoms with van der Waals surface area (Å²) in [5.74, 6) is 0.542. The molecule has 1 heterocycles. The lowest BCUT2D eigenvalue weighted by Gasteiger charge is -2.10. The minimum atomic E-state index is -0.175. The molecule has 0 atom stereocenters. The van der Waals surface area contributed by atoms with Crippen molar-refractivity contribution >= 4 is 35.0 Å². The predicted octanol–water partition coefficient (Wildman–Crippen LogP) is 6.20. The van der Waals surface area contributed by atoms with Crippen LogP contribution in [0, 0.1) is 0 Å². The van der Waals surface area contributed by atoms with Crippen molar-refractivity contribution < 1.29 is 9.53 Å². The lowest BCUT2D eigenvalue weighted by atomic mass is 10.1. The lowest BCUT2D eigenvalue weighted by Crippen LogP contribution is -2.14. The topological polar surface area (TPSA) is 64.1 Å². The SMILES string of the molecule is COc1ccc(NC(=O)CSc2nc(-c3ccccc3)cc(-c3ccccc3)n2)cc1Cl. The molecule has 0 unspecified atom stereocenters. The Balaban J connectivity index is 1.53. The zero-order chi connectivity index (χ0) is 22.3. The Morgan fingerprint density at radius 1 is 0.906 bits per heavy atom. The molecule has 1 N–H and O–H groups in total. The highest BCUT2D eigenvalue weighted by atomic mass is 35.5. The number of carbonyl (C=O) groups is 1. The molecule has 0 saturated carbocycles. The maximum atomic E-state index is 12.5. The van der Waals surface area contributed by atoms with Crippen LogP contribution < -0.4 is 10.1 Å². The predicted molar refractivity (Wildman–Crippen MR) is 130 cm³/mol. The Bertz CT molecular complexity index is 1160. The van der Waals surface area contributed by atoms with Crippen molar-refractivity contribution in [2.24, 2.45) is 0 Å². The van der Waals surface area contributed by atoms with Gasteiger partial charge in [-0.25, -0.2) is 9.97 Å². The first-order valence-corrected chi connectivity index (χ1v) is 11.2. The number of nitrogens with zero attached hydrogens (tertiary/aromatic N) is 2. The summed E-state index contributed by atoms with van der Waals surface area (Å²) in [7, 11) is 1.55. The molecule has 0 aliphatic carbocycles. The summed E-state index contributed by atoms with van der Waals surface area (Å²) in [4.78, 5) is 21.9. The van der Waals surface area contributed by atoms with E-state index in [0.29, 0.717) is 21.6 Å². The summed E-state index contributed by atoms with van der Waals surface area (Å²) in [6.45, 7) is 0. The van der Waals surface area contributed by atoms with Gasteiger partial charge in [-0.15, -0.1) is 0 Å². The van der Waals surface area contributed by atoms with Crippen molar-refractivity contribution in [1.29, 1.82) is 0 Å². The smallest absolute Gasteiger partial charge is 0.234 e. The third-order valence-electron chi connectivity index (χ3n) is 4.61. The summed E-state index contributed by atoms with van der Waals surface area (Å²) in [5.41, 5.74) is 4.21. The van der Waals surface area contributed by atoms with Gasteiger partial charge >= 0.3 is 0 Å². The maximum absolute atomic E-state index is 12.5. The highest BCUT2D eigenvalue weighted by Crippen LogP contribution is 2.29. The first-order valence-electron chi connectivity index (χ1n) is 9.88. The normalized spacial score (nSPS) is 10.6. The number of amides is 1. The minimum absolute atomic E-state index is 0.163. The number of hydrogen-bond acceptors (Lipinski definition) is 5. The Morgan fingerprint density at radius 3 is 2.03 bits per heavy atom. The number of benzene rings is 3. The molecule has 0 bridgehead atoms. The first-order chi connectivity index (χ1) is 15.6. The summed E-state index contributed by atoms with van der Waals surface area (Å²) in [6, 6.07) is 26.9. The van der Waals surface area contributed by atoms with Crippen LogP contribution in [-0.4, -0.2) is 28.7 Å².